The molecule has 0 spiro atoms. The van der Waals surface area contributed by atoms with Gasteiger partial charge in [-0.2, -0.15) is 0 Å². The fourth-order valence-electron chi connectivity index (χ4n) is 2.65. The Morgan fingerprint density at radius 1 is 1.17 bits per heavy atom. The van der Waals surface area contributed by atoms with Gasteiger partial charge in [-0.1, -0.05) is 19.8 Å². The number of rotatable bonds is 9. The Morgan fingerprint density at radius 3 is 2.65 bits per heavy atom. The maximum atomic E-state index is 12.1. The number of ketones is 1. The van der Waals surface area contributed by atoms with Gasteiger partial charge in [0.1, 0.15) is 5.78 Å². The van der Waals surface area contributed by atoms with Gasteiger partial charge in [-0.05, 0) is 26.2 Å². The van der Waals surface area contributed by atoms with Crippen LogP contribution < -0.4 is 11.2 Å². The molecule has 2 rings (SSSR count). The molecule has 2 heterocycles. The molecule has 126 valence electrons. The van der Waals surface area contributed by atoms with Gasteiger partial charge in [-0.3, -0.25) is 14.3 Å². The first kappa shape index (κ1) is 17.2. The average molecular weight is 320 g/mol. The maximum absolute atomic E-state index is 12.1. The Kier molecular flexibility index (Phi) is 5.90. The van der Waals surface area contributed by atoms with Crippen molar-refractivity contribution in [3.8, 4) is 0 Å². The number of nitrogens with one attached hydrogen (secondary N) is 1. The van der Waals surface area contributed by atoms with Gasteiger partial charge in [0, 0.05) is 19.5 Å². The summed E-state index contributed by atoms with van der Waals surface area (Å²) >= 11 is 0. The van der Waals surface area contributed by atoms with Crippen LogP contribution in [0.3, 0.4) is 0 Å². The third-order valence-electron chi connectivity index (χ3n) is 3.92. The lowest BCUT2D eigenvalue weighted by Crippen LogP contribution is -2.31. The van der Waals surface area contributed by atoms with Gasteiger partial charge >= 0.3 is 5.69 Å². The van der Waals surface area contributed by atoms with Gasteiger partial charge in [0.25, 0.3) is 5.56 Å². The standard InChI is InChI=1S/C16H24N4O3/c1-3-4-10-20-14-13(15(22)18-16(20)23)19(11-17-14)9-7-5-6-8-12(2)21/h11H,3-10H2,1-2H3,(H,18,22,23). The highest BCUT2D eigenvalue weighted by Gasteiger charge is 2.13. The van der Waals surface area contributed by atoms with Crippen LogP contribution >= 0.6 is 0 Å². The van der Waals surface area contributed by atoms with Crippen molar-refractivity contribution >= 4 is 16.9 Å². The van der Waals surface area contributed by atoms with E-state index in [1.807, 2.05) is 6.92 Å². The van der Waals surface area contributed by atoms with Crippen LogP contribution in [0.1, 0.15) is 52.4 Å². The molecule has 0 aliphatic carbocycles. The minimum atomic E-state index is -0.400. The van der Waals surface area contributed by atoms with Gasteiger partial charge in [0.15, 0.2) is 11.2 Å². The van der Waals surface area contributed by atoms with Crippen LogP contribution in [0.15, 0.2) is 15.9 Å². The Bertz CT molecular complexity index is 785. The summed E-state index contributed by atoms with van der Waals surface area (Å²) in [7, 11) is 0. The number of carbonyl (C=O) groups is 1. The topological polar surface area (TPSA) is 89.8 Å². The molecule has 1 N–H and O–H groups in total. The number of H-pyrrole nitrogens is 1. The number of fused-ring (bicyclic) bond motifs is 1. The normalized spacial score (nSPS) is 11.2. The predicted octanol–water partition coefficient (Wildman–Crippen LogP) is 1.84. The largest absolute Gasteiger partial charge is 0.330 e. The van der Waals surface area contributed by atoms with Crippen LogP contribution in [0.25, 0.3) is 11.2 Å². The monoisotopic (exact) mass is 320 g/mol. The number of hydrogen-bond donors (Lipinski definition) is 1. The molecule has 7 heteroatoms. The van der Waals surface area contributed by atoms with Gasteiger partial charge in [0.05, 0.1) is 6.33 Å². The summed E-state index contributed by atoms with van der Waals surface area (Å²) in [6, 6.07) is 0. The van der Waals surface area contributed by atoms with E-state index in [0.717, 1.165) is 32.1 Å². The van der Waals surface area contributed by atoms with Gasteiger partial charge in [-0.25, -0.2) is 9.78 Å². The Morgan fingerprint density at radius 2 is 1.96 bits per heavy atom. The molecule has 2 aromatic heterocycles. The second kappa shape index (κ2) is 7.89. The molecule has 7 nitrogen and oxygen atoms in total. The summed E-state index contributed by atoms with van der Waals surface area (Å²) in [6.07, 6.45) is 6.69. The fourth-order valence-corrected chi connectivity index (χ4v) is 2.65. The van der Waals surface area contributed by atoms with E-state index >= 15 is 0 Å². The van der Waals surface area contributed by atoms with Crippen molar-refractivity contribution in [3.63, 3.8) is 0 Å². The van der Waals surface area contributed by atoms with Crippen molar-refractivity contribution in [2.24, 2.45) is 0 Å². The average Bonchev–Trinajstić information content (AvgIpc) is 2.91. The number of aromatic nitrogens is 4. The molecule has 0 saturated carbocycles. The van der Waals surface area contributed by atoms with E-state index in [2.05, 4.69) is 9.97 Å². The highest BCUT2D eigenvalue weighted by atomic mass is 16.2. The maximum Gasteiger partial charge on any atom is 0.330 e. The minimum Gasteiger partial charge on any atom is -0.325 e. The second-order valence-corrected chi connectivity index (χ2v) is 5.89. The lowest BCUT2D eigenvalue weighted by molar-refractivity contribution is -0.117. The molecule has 0 aromatic carbocycles. The van der Waals surface area contributed by atoms with Gasteiger partial charge < -0.3 is 9.36 Å². The molecular formula is C16H24N4O3. The Labute approximate surface area is 134 Å². The SMILES string of the molecule is CCCCn1c(=O)[nH]c(=O)c2c1ncn2CCCCCC(C)=O. The van der Waals surface area contributed by atoms with Crippen molar-refractivity contribution < 1.29 is 4.79 Å². The first-order chi connectivity index (χ1) is 11.0. The highest BCUT2D eigenvalue weighted by Crippen LogP contribution is 2.10. The number of aryl methyl sites for hydroxylation is 2. The minimum absolute atomic E-state index is 0.203. The molecule has 2 aromatic rings. The second-order valence-electron chi connectivity index (χ2n) is 5.89. The van der Waals surface area contributed by atoms with E-state index in [-0.39, 0.29) is 11.3 Å². The zero-order valence-electron chi connectivity index (χ0n) is 13.8. The van der Waals surface area contributed by atoms with E-state index in [9.17, 15) is 14.4 Å². The number of nitrogens with zero attached hydrogens (tertiary/aromatic N) is 3. The van der Waals surface area contributed by atoms with E-state index in [1.165, 1.54) is 4.57 Å². The van der Waals surface area contributed by atoms with Crippen LogP contribution in [0.5, 0.6) is 0 Å². The fraction of sp³-hybridized carbons (Fsp3) is 0.625. The smallest absolute Gasteiger partial charge is 0.325 e. The number of carbonyl (C=O) groups excluding carboxylic acids is 1. The molecule has 0 fully saturated rings. The molecule has 23 heavy (non-hydrogen) atoms. The number of Topliss-reactive ketones (excluding diaryl/α,β-unsaturated/α-hetero) is 1. The lowest BCUT2D eigenvalue weighted by atomic mass is 10.1. The lowest BCUT2D eigenvalue weighted by Gasteiger charge is -2.06. The number of unbranched alkanes of at least 4 members (excludes halogenated alkanes) is 3. The third kappa shape index (κ3) is 4.18. The van der Waals surface area contributed by atoms with Gasteiger partial charge in [0.2, 0.25) is 0 Å². The molecule has 0 amide bonds. The molecule has 0 bridgehead atoms. The van der Waals surface area contributed by atoms with Crippen molar-refractivity contribution in [2.45, 2.75) is 65.5 Å². The number of aromatic amines is 1. The van der Waals surface area contributed by atoms with Crippen molar-refractivity contribution in [2.75, 3.05) is 0 Å². The van der Waals surface area contributed by atoms with Gasteiger partial charge in [-0.15, -0.1) is 0 Å². The summed E-state index contributed by atoms with van der Waals surface area (Å²) in [4.78, 5) is 41.6. The van der Waals surface area contributed by atoms with Crippen molar-refractivity contribution in [1.29, 1.82) is 0 Å². The van der Waals surface area contributed by atoms with Crippen LogP contribution in [0.4, 0.5) is 0 Å². The van der Waals surface area contributed by atoms with Crippen molar-refractivity contribution in [3.05, 3.63) is 27.2 Å². The van der Waals surface area contributed by atoms with Crippen LogP contribution in [0.2, 0.25) is 0 Å². The molecule has 0 aliphatic rings. The van der Waals surface area contributed by atoms with Crippen LogP contribution in [0, 0.1) is 0 Å². The van der Waals surface area contributed by atoms with E-state index < -0.39 is 5.69 Å². The first-order valence-electron chi connectivity index (χ1n) is 8.22. The van der Waals surface area contributed by atoms with E-state index in [1.54, 1.807) is 17.8 Å². The molecule has 0 radical (unpaired) electrons. The van der Waals surface area contributed by atoms with E-state index in [0.29, 0.717) is 30.7 Å². The summed E-state index contributed by atoms with van der Waals surface area (Å²) in [5.41, 5.74) is 0.116. The molecule has 0 atom stereocenters. The number of hydrogen-bond acceptors (Lipinski definition) is 4. The summed E-state index contributed by atoms with van der Waals surface area (Å²) in [6.45, 7) is 4.85. The third-order valence-corrected chi connectivity index (χ3v) is 3.92. The quantitative estimate of drug-likeness (QED) is 0.714. The number of imidazole rings is 1. The summed E-state index contributed by atoms with van der Waals surface area (Å²) < 4.78 is 3.33. The Hall–Kier alpha value is -2.18. The molecule has 0 saturated heterocycles. The predicted molar refractivity (Wildman–Crippen MR) is 88.7 cm³/mol. The van der Waals surface area contributed by atoms with Crippen LogP contribution in [-0.4, -0.2) is 24.9 Å². The highest BCUT2D eigenvalue weighted by molar-refractivity contribution is 5.75. The van der Waals surface area contributed by atoms with Crippen molar-refractivity contribution in [1.82, 2.24) is 19.1 Å². The summed E-state index contributed by atoms with van der Waals surface area (Å²) in [5.74, 6) is 0.203. The Balaban J connectivity index is 2.17. The van der Waals surface area contributed by atoms with E-state index in [4.69, 9.17) is 0 Å². The molecule has 0 aliphatic heterocycles. The first-order valence-corrected chi connectivity index (χ1v) is 8.22. The molecular weight excluding hydrogens is 296 g/mol. The summed E-state index contributed by atoms with van der Waals surface area (Å²) in [5, 5.41) is 0. The molecule has 0 unspecified atom stereocenters. The van der Waals surface area contributed by atoms with Crippen LogP contribution in [-0.2, 0) is 17.9 Å². The zero-order valence-corrected chi connectivity index (χ0v) is 13.8. The zero-order chi connectivity index (χ0) is 16.8.